The molecule has 1 aromatic rings. The van der Waals surface area contributed by atoms with Gasteiger partial charge in [0.25, 0.3) is 11.8 Å². The molecule has 0 unspecified atom stereocenters. The molecule has 16 heavy (non-hydrogen) atoms. The maximum Gasteiger partial charge on any atom is 0.277 e. The van der Waals surface area contributed by atoms with Crippen molar-refractivity contribution < 1.29 is 9.59 Å². The standard InChI is InChI=1S/C9H3Cl4NO2/c1-2-3-4(6(11)7(12)5(2)10)9(16)14(13)8(3)15/h1H3. The Morgan fingerprint density at radius 2 is 1.38 bits per heavy atom. The highest BCUT2D eigenvalue weighted by atomic mass is 35.5. The number of hydrogen-bond donors (Lipinski definition) is 0. The van der Waals surface area contributed by atoms with Crippen LogP contribution in [-0.4, -0.2) is 16.2 Å². The third kappa shape index (κ3) is 1.36. The van der Waals surface area contributed by atoms with E-state index in [1.165, 1.54) is 0 Å². The molecule has 0 saturated carbocycles. The number of carbonyl (C=O) groups excluding carboxylic acids is 2. The van der Waals surface area contributed by atoms with Gasteiger partial charge in [0.15, 0.2) is 0 Å². The summed E-state index contributed by atoms with van der Waals surface area (Å²) in [5, 5.41) is 0.153. The number of benzene rings is 1. The third-order valence-electron chi connectivity index (χ3n) is 2.34. The van der Waals surface area contributed by atoms with Gasteiger partial charge in [-0.05, 0) is 12.5 Å². The van der Waals surface area contributed by atoms with Crippen LogP contribution >= 0.6 is 46.6 Å². The summed E-state index contributed by atoms with van der Waals surface area (Å²) in [4.78, 5) is 23.3. The van der Waals surface area contributed by atoms with Crippen molar-refractivity contribution in [2.24, 2.45) is 0 Å². The van der Waals surface area contributed by atoms with E-state index in [9.17, 15) is 9.59 Å². The fourth-order valence-corrected chi connectivity index (χ4v) is 2.45. The van der Waals surface area contributed by atoms with Gasteiger partial charge < -0.3 is 0 Å². The molecule has 0 atom stereocenters. The van der Waals surface area contributed by atoms with E-state index >= 15 is 0 Å². The van der Waals surface area contributed by atoms with E-state index in [-0.39, 0.29) is 26.2 Å². The van der Waals surface area contributed by atoms with Gasteiger partial charge in [-0.2, -0.15) is 4.42 Å². The van der Waals surface area contributed by atoms with Gasteiger partial charge in [0.1, 0.15) is 0 Å². The summed E-state index contributed by atoms with van der Waals surface area (Å²) in [5.74, 6) is -1.33. The molecule has 1 aromatic carbocycles. The molecule has 2 amide bonds. The van der Waals surface area contributed by atoms with Crippen molar-refractivity contribution in [3.8, 4) is 0 Å². The van der Waals surface area contributed by atoms with E-state index in [1.807, 2.05) is 0 Å². The van der Waals surface area contributed by atoms with E-state index < -0.39 is 11.8 Å². The van der Waals surface area contributed by atoms with E-state index in [0.29, 0.717) is 9.98 Å². The first-order valence-corrected chi connectivity index (χ1v) is 5.56. The van der Waals surface area contributed by atoms with Crippen molar-refractivity contribution in [2.45, 2.75) is 6.92 Å². The van der Waals surface area contributed by atoms with Gasteiger partial charge in [0.2, 0.25) is 0 Å². The van der Waals surface area contributed by atoms with Gasteiger partial charge >= 0.3 is 0 Å². The van der Waals surface area contributed by atoms with E-state index in [0.717, 1.165) is 0 Å². The second-order valence-electron chi connectivity index (χ2n) is 3.21. The molecule has 1 heterocycles. The van der Waals surface area contributed by atoms with Gasteiger partial charge in [-0.15, -0.1) is 0 Å². The third-order valence-corrected chi connectivity index (χ3v) is 4.07. The normalized spacial score (nSPS) is 14.7. The molecule has 0 fully saturated rings. The van der Waals surface area contributed by atoms with Crippen molar-refractivity contribution in [1.82, 2.24) is 4.42 Å². The maximum absolute atomic E-state index is 11.7. The number of fused-ring (bicyclic) bond motifs is 1. The highest BCUT2D eigenvalue weighted by Gasteiger charge is 2.40. The summed E-state index contributed by atoms with van der Waals surface area (Å²) in [6, 6.07) is 0. The summed E-state index contributed by atoms with van der Waals surface area (Å²) >= 11 is 23.1. The van der Waals surface area contributed by atoms with Crippen molar-refractivity contribution in [2.75, 3.05) is 0 Å². The van der Waals surface area contributed by atoms with E-state index in [1.54, 1.807) is 6.92 Å². The number of rotatable bonds is 0. The fraction of sp³-hybridized carbons (Fsp3) is 0.111. The SMILES string of the molecule is Cc1c(Cl)c(Cl)c(Cl)c2c1C(=O)N(Cl)C2=O. The first-order valence-electron chi connectivity index (χ1n) is 4.09. The molecule has 2 rings (SSSR count). The van der Waals surface area contributed by atoms with Crippen LogP contribution in [0.25, 0.3) is 0 Å². The lowest BCUT2D eigenvalue weighted by molar-refractivity contribution is 0.0767. The van der Waals surface area contributed by atoms with Gasteiger partial charge in [0, 0.05) is 11.8 Å². The lowest BCUT2D eigenvalue weighted by atomic mass is 10.0. The molecule has 0 aliphatic carbocycles. The molecule has 84 valence electrons. The average molecular weight is 299 g/mol. The van der Waals surface area contributed by atoms with Crippen molar-refractivity contribution in [3.63, 3.8) is 0 Å². The minimum absolute atomic E-state index is 0.00793. The predicted octanol–water partition coefficient (Wildman–Crippen LogP) is 3.71. The molecule has 0 bridgehead atoms. The number of amides is 2. The lowest BCUT2D eigenvalue weighted by Crippen LogP contribution is -2.18. The number of hydrogen-bond acceptors (Lipinski definition) is 2. The smallest absolute Gasteiger partial charge is 0.267 e. The molecule has 3 nitrogen and oxygen atoms in total. The molecular formula is C9H3Cl4NO2. The second kappa shape index (κ2) is 3.77. The zero-order valence-electron chi connectivity index (χ0n) is 7.78. The predicted molar refractivity (Wildman–Crippen MR) is 62.6 cm³/mol. The van der Waals surface area contributed by atoms with Gasteiger partial charge in [-0.25, -0.2) is 0 Å². The molecular weight excluding hydrogens is 296 g/mol. The minimum atomic E-state index is -0.687. The topological polar surface area (TPSA) is 37.4 Å². The summed E-state index contributed by atoms with van der Waals surface area (Å²) in [6.07, 6.45) is 0. The van der Waals surface area contributed by atoms with Crippen molar-refractivity contribution in [1.29, 1.82) is 0 Å². The van der Waals surface area contributed by atoms with Crippen LogP contribution in [-0.2, 0) is 0 Å². The maximum atomic E-state index is 11.7. The first-order chi connectivity index (χ1) is 7.37. The van der Waals surface area contributed by atoms with Crippen LogP contribution in [0.4, 0.5) is 0 Å². The lowest BCUT2D eigenvalue weighted by Gasteiger charge is -2.07. The molecule has 0 aromatic heterocycles. The monoisotopic (exact) mass is 297 g/mol. The van der Waals surface area contributed by atoms with Crippen LogP contribution in [0.15, 0.2) is 0 Å². The Morgan fingerprint density at radius 3 is 1.94 bits per heavy atom. The van der Waals surface area contributed by atoms with Crippen LogP contribution < -0.4 is 0 Å². The van der Waals surface area contributed by atoms with Gasteiger partial charge in [-0.1, -0.05) is 34.8 Å². The van der Waals surface area contributed by atoms with Crippen LogP contribution in [0.3, 0.4) is 0 Å². The Labute approximate surface area is 111 Å². The molecule has 1 aliphatic heterocycles. The Balaban J connectivity index is 2.91. The van der Waals surface area contributed by atoms with Gasteiger partial charge in [0.05, 0.1) is 26.2 Å². The number of nitrogens with zero attached hydrogens (tertiary/aromatic N) is 1. The van der Waals surface area contributed by atoms with Crippen LogP contribution in [0.2, 0.25) is 15.1 Å². The highest BCUT2D eigenvalue weighted by Crippen LogP contribution is 2.42. The number of carbonyl (C=O) groups is 2. The zero-order chi connectivity index (χ0) is 12.2. The summed E-state index contributed by atoms with van der Waals surface area (Å²) in [7, 11) is 0. The largest absolute Gasteiger partial charge is 0.277 e. The van der Waals surface area contributed by atoms with E-state index in [4.69, 9.17) is 46.6 Å². The molecule has 0 saturated heterocycles. The Morgan fingerprint density at radius 1 is 0.875 bits per heavy atom. The number of halogens is 4. The van der Waals surface area contributed by atoms with Crippen molar-refractivity contribution >= 4 is 58.4 Å². The number of imide groups is 1. The zero-order valence-corrected chi connectivity index (χ0v) is 10.8. The van der Waals surface area contributed by atoms with E-state index in [2.05, 4.69) is 0 Å². The second-order valence-corrected chi connectivity index (χ2v) is 4.68. The quantitative estimate of drug-likeness (QED) is 0.416. The molecule has 0 N–H and O–H groups in total. The van der Waals surface area contributed by atoms with Crippen LogP contribution in [0.1, 0.15) is 26.3 Å². The minimum Gasteiger partial charge on any atom is -0.267 e. The molecule has 7 heteroatoms. The summed E-state index contributed by atoms with van der Waals surface area (Å²) < 4.78 is 0.468. The summed E-state index contributed by atoms with van der Waals surface area (Å²) in [5.41, 5.74) is 0.514. The molecule has 0 spiro atoms. The van der Waals surface area contributed by atoms with Crippen molar-refractivity contribution in [3.05, 3.63) is 31.8 Å². The fourth-order valence-electron chi connectivity index (χ4n) is 1.53. The Hall–Kier alpha value is -0.480. The summed E-state index contributed by atoms with van der Waals surface area (Å²) in [6.45, 7) is 1.57. The molecule has 0 radical (unpaired) electrons. The Kier molecular flexibility index (Phi) is 2.83. The van der Waals surface area contributed by atoms with Gasteiger partial charge in [-0.3, -0.25) is 9.59 Å². The van der Waals surface area contributed by atoms with Crippen LogP contribution in [0.5, 0.6) is 0 Å². The van der Waals surface area contributed by atoms with Crippen LogP contribution in [0, 0.1) is 6.92 Å². The first kappa shape index (κ1) is 12.0. The Bertz CT molecular complexity index is 494. The highest BCUT2D eigenvalue weighted by molar-refractivity contribution is 6.52. The molecule has 1 aliphatic rings. The average Bonchev–Trinajstić information content (AvgIpc) is 2.48.